The normalized spacial score (nSPS) is 11.3. The Balaban J connectivity index is 1.97. The maximum Gasteiger partial charge on any atom is 0.264 e. The minimum Gasteiger partial charge on any atom is -0.495 e. The molecule has 0 aliphatic rings. The fraction of sp³-hybridized carbons (Fsp3) is 0.269. The van der Waals surface area contributed by atoms with Gasteiger partial charge in [-0.25, -0.2) is 8.42 Å². The largest absolute Gasteiger partial charge is 0.495 e. The average Bonchev–Trinajstić information content (AvgIpc) is 2.78. The second-order valence-electron chi connectivity index (χ2n) is 8.32. The molecule has 0 saturated heterocycles. The van der Waals surface area contributed by atoms with Gasteiger partial charge in [0.25, 0.3) is 10.0 Å². The van der Waals surface area contributed by atoms with Crippen molar-refractivity contribution in [2.45, 2.75) is 38.5 Å². The third-order valence-corrected chi connectivity index (χ3v) is 7.13. The number of nitrogens with one attached hydrogen (secondary N) is 1. The lowest BCUT2D eigenvalue weighted by Gasteiger charge is -2.26. The summed E-state index contributed by atoms with van der Waals surface area (Å²) in [4.78, 5) is 13.1. The van der Waals surface area contributed by atoms with Crippen LogP contribution < -0.4 is 14.4 Å². The fourth-order valence-corrected chi connectivity index (χ4v) is 4.84. The van der Waals surface area contributed by atoms with Crippen LogP contribution in [0.4, 0.5) is 11.4 Å². The lowest BCUT2D eigenvalue weighted by atomic mass is 10.0. The number of carbonyl (C=O) groups is 1. The summed E-state index contributed by atoms with van der Waals surface area (Å²) in [6.07, 6.45) is 0. The van der Waals surface area contributed by atoms with Crippen molar-refractivity contribution in [3.05, 3.63) is 83.4 Å². The van der Waals surface area contributed by atoms with Crippen LogP contribution in [0.2, 0.25) is 0 Å². The predicted molar refractivity (Wildman–Crippen MR) is 133 cm³/mol. The number of rotatable bonds is 8. The van der Waals surface area contributed by atoms with Gasteiger partial charge in [-0.3, -0.25) is 9.10 Å². The standard InChI is InChI=1S/C26H30N2O4S/c1-18(2)21-9-11-22(12-10-21)27-26(29)17-28(24-16-20(4)8-15-25(24)32-5)33(30,31)23-13-6-19(3)7-14-23/h6-16,18H,17H2,1-5H3,(H,27,29). The highest BCUT2D eigenvalue weighted by Gasteiger charge is 2.29. The molecule has 0 atom stereocenters. The van der Waals surface area contributed by atoms with Gasteiger partial charge in [-0.1, -0.05) is 49.7 Å². The number of anilines is 2. The van der Waals surface area contributed by atoms with Crippen LogP contribution in [-0.2, 0) is 14.8 Å². The van der Waals surface area contributed by atoms with E-state index in [1.807, 2.05) is 44.2 Å². The maximum atomic E-state index is 13.6. The summed E-state index contributed by atoms with van der Waals surface area (Å²) in [5.41, 5.74) is 3.86. The smallest absolute Gasteiger partial charge is 0.264 e. The first kappa shape index (κ1) is 24.3. The number of benzene rings is 3. The SMILES string of the molecule is COc1ccc(C)cc1N(CC(=O)Nc1ccc(C(C)C)cc1)S(=O)(=O)c1ccc(C)cc1. The van der Waals surface area contributed by atoms with Gasteiger partial charge in [-0.05, 0) is 67.3 Å². The van der Waals surface area contributed by atoms with Crippen molar-refractivity contribution < 1.29 is 17.9 Å². The van der Waals surface area contributed by atoms with Gasteiger partial charge >= 0.3 is 0 Å². The number of methoxy groups -OCH3 is 1. The molecule has 0 spiro atoms. The molecule has 1 amide bonds. The van der Waals surface area contributed by atoms with Gasteiger partial charge in [0.2, 0.25) is 5.91 Å². The Morgan fingerprint density at radius 3 is 2.12 bits per heavy atom. The van der Waals surface area contributed by atoms with E-state index in [1.165, 1.54) is 7.11 Å². The predicted octanol–water partition coefficient (Wildman–Crippen LogP) is 5.27. The average molecular weight is 467 g/mol. The quantitative estimate of drug-likeness (QED) is 0.491. The first-order chi connectivity index (χ1) is 15.6. The molecule has 7 heteroatoms. The van der Waals surface area contributed by atoms with Crippen LogP contribution in [0.3, 0.4) is 0 Å². The van der Waals surface area contributed by atoms with Crippen molar-refractivity contribution >= 4 is 27.3 Å². The Hall–Kier alpha value is -3.32. The third kappa shape index (κ3) is 5.73. The van der Waals surface area contributed by atoms with Crippen molar-refractivity contribution in [1.82, 2.24) is 0 Å². The Morgan fingerprint density at radius 2 is 1.55 bits per heavy atom. The number of amides is 1. The first-order valence-electron chi connectivity index (χ1n) is 10.8. The van der Waals surface area contributed by atoms with E-state index in [0.717, 1.165) is 21.0 Å². The molecule has 0 aliphatic heterocycles. The van der Waals surface area contributed by atoms with Gasteiger partial charge in [0.15, 0.2) is 0 Å². The van der Waals surface area contributed by atoms with Crippen molar-refractivity contribution in [2.75, 3.05) is 23.3 Å². The molecule has 6 nitrogen and oxygen atoms in total. The molecule has 0 heterocycles. The molecule has 3 aromatic rings. The highest BCUT2D eigenvalue weighted by Crippen LogP contribution is 2.33. The summed E-state index contributed by atoms with van der Waals surface area (Å²) in [5.74, 6) is 0.288. The Morgan fingerprint density at radius 1 is 0.939 bits per heavy atom. The molecule has 1 N–H and O–H groups in total. The molecule has 0 fully saturated rings. The number of hydrogen-bond acceptors (Lipinski definition) is 4. The Kier molecular flexibility index (Phi) is 7.43. The lowest BCUT2D eigenvalue weighted by Crippen LogP contribution is -2.38. The van der Waals surface area contributed by atoms with Crippen molar-refractivity contribution in [2.24, 2.45) is 0 Å². The molecule has 174 valence electrons. The van der Waals surface area contributed by atoms with Gasteiger partial charge in [0.05, 0.1) is 17.7 Å². The zero-order valence-corrected chi connectivity index (χ0v) is 20.4. The van der Waals surface area contributed by atoms with Gasteiger partial charge in [-0.15, -0.1) is 0 Å². The van der Waals surface area contributed by atoms with Crippen LogP contribution in [0, 0.1) is 13.8 Å². The van der Waals surface area contributed by atoms with Crippen LogP contribution in [0.15, 0.2) is 71.6 Å². The summed E-state index contributed by atoms with van der Waals surface area (Å²) in [6, 6.07) is 19.3. The molecular formula is C26H30N2O4S. The van der Waals surface area contributed by atoms with Crippen molar-refractivity contribution in [3.8, 4) is 5.75 Å². The second-order valence-corrected chi connectivity index (χ2v) is 10.2. The minimum atomic E-state index is -4.03. The lowest BCUT2D eigenvalue weighted by molar-refractivity contribution is -0.114. The van der Waals surface area contributed by atoms with Crippen LogP contribution >= 0.6 is 0 Å². The maximum absolute atomic E-state index is 13.6. The van der Waals surface area contributed by atoms with E-state index in [9.17, 15) is 13.2 Å². The molecule has 0 saturated carbocycles. The zero-order valence-electron chi connectivity index (χ0n) is 19.6. The van der Waals surface area contributed by atoms with Crippen LogP contribution in [0.25, 0.3) is 0 Å². The molecular weight excluding hydrogens is 436 g/mol. The Bertz CT molecular complexity index is 1220. The molecule has 0 unspecified atom stereocenters. The molecule has 0 bridgehead atoms. The summed E-state index contributed by atoms with van der Waals surface area (Å²) in [7, 11) is -2.56. The van der Waals surface area contributed by atoms with E-state index in [-0.39, 0.29) is 4.90 Å². The molecule has 3 rings (SSSR count). The fourth-order valence-electron chi connectivity index (χ4n) is 3.41. The van der Waals surface area contributed by atoms with Crippen LogP contribution in [0.1, 0.15) is 36.5 Å². The van der Waals surface area contributed by atoms with E-state index >= 15 is 0 Å². The van der Waals surface area contributed by atoms with Crippen LogP contribution in [0.5, 0.6) is 5.75 Å². The number of ether oxygens (including phenoxy) is 1. The van der Waals surface area contributed by atoms with Crippen LogP contribution in [-0.4, -0.2) is 28.0 Å². The zero-order chi connectivity index (χ0) is 24.2. The van der Waals surface area contributed by atoms with Crippen molar-refractivity contribution in [1.29, 1.82) is 0 Å². The van der Waals surface area contributed by atoms with E-state index in [1.54, 1.807) is 36.4 Å². The summed E-state index contributed by atoms with van der Waals surface area (Å²) in [5, 5.41) is 2.81. The highest BCUT2D eigenvalue weighted by molar-refractivity contribution is 7.92. The molecule has 0 aliphatic carbocycles. The van der Waals surface area contributed by atoms with Gasteiger partial charge in [-0.2, -0.15) is 0 Å². The monoisotopic (exact) mass is 466 g/mol. The second kappa shape index (κ2) is 10.1. The number of hydrogen-bond donors (Lipinski definition) is 1. The third-order valence-electron chi connectivity index (χ3n) is 5.36. The molecule has 3 aromatic carbocycles. The topological polar surface area (TPSA) is 75.7 Å². The summed E-state index contributed by atoms with van der Waals surface area (Å²) in [6.45, 7) is 7.53. The van der Waals surface area contributed by atoms with Crippen molar-refractivity contribution in [3.63, 3.8) is 0 Å². The van der Waals surface area contributed by atoms with Gasteiger partial charge in [0, 0.05) is 5.69 Å². The van der Waals surface area contributed by atoms with E-state index < -0.39 is 22.5 Å². The first-order valence-corrected chi connectivity index (χ1v) is 12.2. The van der Waals surface area contributed by atoms with E-state index in [4.69, 9.17) is 4.74 Å². The Labute approximate surface area is 196 Å². The highest BCUT2D eigenvalue weighted by atomic mass is 32.2. The summed E-state index contributed by atoms with van der Waals surface area (Å²) >= 11 is 0. The number of sulfonamides is 1. The van der Waals surface area contributed by atoms with E-state index in [2.05, 4.69) is 19.2 Å². The van der Waals surface area contributed by atoms with Gasteiger partial charge in [0.1, 0.15) is 12.3 Å². The number of nitrogens with zero attached hydrogens (tertiary/aromatic N) is 1. The molecule has 0 aromatic heterocycles. The summed E-state index contributed by atoms with van der Waals surface area (Å²) < 4.78 is 33.8. The molecule has 33 heavy (non-hydrogen) atoms. The number of carbonyl (C=O) groups excluding carboxylic acids is 1. The minimum absolute atomic E-state index is 0.103. The molecule has 0 radical (unpaired) electrons. The number of aryl methyl sites for hydroxylation is 2. The van der Waals surface area contributed by atoms with Gasteiger partial charge < -0.3 is 10.1 Å². The van der Waals surface area contributed by atoms with E-state index in [0.29, 0.717) is 23.0 Å².